The number of benzene rings is 2. The number of hydrogen-bond donors (Lipinski definition) is 1. The maximum absolute atomic E-state index is 12.3. The lowest BCUT2D eigenvalue weighted by molar-refractivity contribution is -0.152. The van der Waals surface area contributed by atoms with E-state index in [1.807, 2.05) is 60.7 Å². The quantitative estimate of drug-likeness (QED) is 0.732. The molecule has 1 aliphatic rings. The zero-order valence-electron chi connectivity index (χ0n) is 16.2. The van der Waals surface area contributed by atoms with Gasteiger partial charge in [0, 0.05) is 13.3 Å². The second-order valence-corrected chi connectivity index (χ2v) is 6.71. The molecular formula is C22H23N3O4. The predicted molar refractivity (Wildman–Crippen MR) is 108 cm³/mol. The van der Waals surface area contributed by atoms with Gasteiger partial charge < -0.3 is 10.1 Å². The minimum absolute atomic E-state index is 0.0601. The zero-order valence-corrected chi connectivity index (χ0v) is 16.2. The fourth-order valence-corrected chi connectivity index (χ4v) is 3.10. The van der Waals surface area contributed by atoms with Crippen molar-refractivity contribution in [2.24, 2.45) is 5.10 Å². The van der Waals surface area contributed by atoms with Crippen molar-refractivity contribution in [3.8, 4) is 0 Å². The molecule has 7 heteroatoms. The summed E-state index contributed by atoms with van der Waals surface area (Å²) in [4.78, 5) is 36.0. The molecule has 0 aromatic heterocycles. The van der Waals surface area contributed by atoms with Gasteiger partial charge in [0.1, 0.15) is 0 Å². The maximum atomic E-state index is 12.3. The van der Waals surface area contributed by atoms with E-state index in [1.165, 1.54) is 11.9 Å². The third kappa shape index (κ3) is 5.75. The van der Waals surface area contributed by atoms with Crippen molar-refractivity contribution in [1.29, 1.82) is 0 Å². The summed E-state index contributed by atoms with van der Waals surface area (Å²) in [6.45, 7) is 1.46. The zero-order chi connectivity index (χ0) is 20.6. The highest BCUT2D eigenvalue weighted by Crippen LogP contribution is 2.18. The second kappa shape index (κ2) is 9.64. The monoisotopic (exact) mass is 393 g/mol. The van der Waals surface area contributed by atoms with Crippen LogP contribution >= 0.6 is 0 Å². The summed E-state index contributed by atoms with van der Waals surface area (Å²) in [7, 11) is 0. The number of esters is 1. The van der Waals surface area contributed by atoms with Crippen LogP contribution in [-0.4, -0.2) is 41.7 Å². The van der Waals surface area contributed by atoms with Crippen LogP contribution in [0.4, 0.5) is 0 Å². The Hall–Kier alpha value is -3.48. The molecule has 7 nitrogen and oxygen atoms in total. The van der Waals surface area contributed by atoms with Gasteiger partial charge in [0.05, 0.1) is 24.7 Å². The molecule has 0 fully saturated rings. The van der Waals surface area contributed by atoms with Crippen LogP contribution in [0, 0.1) is 0 Å². The van der Waals surface area contributed by atoms with Crippen molar-refractivity contribution in [2.45, 2.75) is 25.8 Å². The molecule has 1 heterocycles. The number of nitrogens with one attached hydrogen (secondary N) is 1. The maximum Gasteiger partial charge on any atom is 0.308 e. The van der Waals surface area contributed by atoms with Crippen LogP contribution < -0.4 is 5.32 Å². The fraction of sp³-hybridized carbons (Fsp3) is 0.273. The molecule has 29 heavy (non-hydrogen) atoms. The first-order chi connectivity index (χ1) is 14.0. The number of hydrazone groups is 1. The van der Waals surface area contributed by atoms with E-state index >= 15 is 0 Å². The van der Waals surface area contributed by atoms with Crippen molar-refractivity contribution < 1.29 is 19.1 Å². The van der Waals surface area contributed by atoms with Crippen LogP contribution in [0.3, 0.4) is 0 Å². The highest BCUT2D eigenvalue weighted by molar-refractivity contribution is 6.02. The Bertz CT molecular complexity index is 897. The van der Waals surface area contributed by atoms with Crippen LogP contribution in [0.5, 0.6) is 0 Å². The Morgan fingerprint density at radius 1 is 1.07 bits per heavy atom. The summed E-state index contributed by atoms with van der Waals surface area (Å²) < 4.78 is 5.14. The average Bonchev–Trinajstić information content (AvgIpc) is 3.23. The SMILES string of the molecule is CC(=O)N[C@@H](CC(=O)OCC(=O)N1CCC(c2ccccc2)=N1)c1ccccc1. The van der Waals surface area contributed by atoms with Gasteiger partial charge in [-0.3, -0.25) is 14.4 Å². The number of hydrogen-bond acceptors (Lipinski definition) is 5. The van der Waals surface area contributed by atoms with Crippen molar-refractivity contribution in [3.05, 3.63) is 71.8 Å². The molecule has 1 aliphatic heterocycles. The topological polar surface area (TPSA) is 88.1 Å². The molecule has 0 aliphatic carbocycles. The summed E-state index contributed by atoms with van der Waals surface area (Å²) in [6, 6.07) is 18.3. The van der Waals surface area contributed by atoms with Gasteiger partial charge in [0.25, 0.3) is 5.91 Å². The molecule has 0 bridgehead atoms. The molecule has 2 aromatic rings. The summed E-state index contributed by atoms with van der Waals surface area (Å²) in [6.07, 6.45) is 0.595. The normalized spacial score (nSPS) is 14.1. The van der Waals surface area contributed by atoms with Gasteiger partial charge in [0.2, 0.25) is 5.91 Å². The van der Waals surface area contributed by atoms with E-state index in [1.54, 1.807) is 0 Å². The highest BCUT2D eigenvalue weighted by atomic mass is 16.5. The number of nitrogens with zero attached hydrogens (tertiary/aromatic N) is 2. The van der Waals surface area contributed by atoms with Gasteiger partial charge in [0.15, 0.2) is 6.61 Å². The molecule has 0 radical (unpaired) electrons. The van der Waals surface area contributed by atoms with Crippen molar-refractivity contribution >= 4 is 23.5 Å². The Kier molecular flexibility index (Phi) is 6.73. The van der Waals surface area contributed by atoms with E-state index in [2.05, 4.69) is 10.4 Å². The lowest BCUT2D eigenvalue weighted by atomic mass is 10.0. The summed E-state index contributed by atoms with van der Waals surface area (Å²) in [5.41, 5.74) is 2.60. The molecule has 0 saturated carbocycles. The molecule has 1 N–H and O–H groups in total. The van der Waals surface area contributed by atoms with Crippen molar-refractivity contribution in [1.82, 2.24) is 10.3 Å². The third-order valence-corrected chi connectivity index (χ3v) is 4.50. The lowest BCUT2D eigenvalue weighted by Gasteiger charge is -2.18. The van der Waals surface area contributed by atoms with Crippen molar-refractivity contribution in [3.63, 3.8) is 0 Å². The summed E-state index contributed by atoms with van der Waals surface area (Å²) in [5, 5.41) is 8.40. The number of amides is 2. The minimum atomic E-state index is -0.563. The smallest absolute Gasteiger partial charge is 0.308 e. The van der Waals surface area contributed by atoms with Crippen LogP contribution in [0.1, 0.15) is 36.9 Å². The number of carbonyl (C=O) groups excluding carboxylic acids is 3. The van der Waals surface area contributed by atoms with E-state index in [9.17, 15) is 14.4 Å². The molecule has 150 valence electrons. The van der Waals surface area contributed by atoms with Gasteiger partial charge in [-0.15, -0.1) is 0 Å². The molecule has 1 atom stereocenters. The Labute approximate surface area is 169 Å². The number of rotatable bonds is 7. The Morgan fingerprint density at radius 2 is 1.72 bits per heavy atom. The van der Waals surface area contributed by atoms with Gasteiger partial charge in [-0.1, -0.05) is 60.7 Å². The Morgan fingerprint density at radius 3 is 2.38 bits per heavy atom. The molecule has 2 amide bonds. The molecular weight excluding hydrogens is 370 g/mol. The Balaban J connectivity index is 1.53. The molecule has 0 saturated heterocycles. The first-order valence-corrected chi connectivity index (χ1v) is 9.44. The van der Waals surface area contributed by atoms with Crippen LogP contribution in [0.15, 0.2) is 65.8 Å². The van der Waals surface area contributed by atoms with Gasteiger partial charge in [-0.05, 0) is 11.1 Å². The fourth-order valence-electron chi connectivity index (χ4n) is 3.10. The predicted octanol–water partition coefficient (Wildman–Crippen LogP) is 2.43. The van der Waals surface area contributed by atoms with E-state index < -0.39 is 12.0 Å². The minimum Gasteiger partial charge on any atom is -0.455 e. The summed E-state index contributed by atoms with van der Waals surface area (Å²) >= 11 is 0. The first kappa shape index (κ1) is 20.3. The lowest BCUT2D eigenvalue weighted by Crippen LogP contribution is -2.31. The van der Waals surface area contributed by atoms with Crippen LogP contribution in [0.25, 0.3) is 0 Å². The van der Waals surface area contributed by atoms with E-state index in [4.69, 9.17) is 4.74 Å². The number of carbonyl (C=O) groups is 3. The largest absolute Gasteiger partial charge is 0.455 e. The van der Waals surface area contributed by atoms with Crippen molar-refractivity contribution in [2.75, 3.05) is 13.2 Å². The van der Waals surface area contributed by atoms with E-state index in [0.29, 0.717) is 13.0 Å². The molecule has 0 spiro atoms. The van der Waals surface area contributed by atoms with Gasteiger partial charge >= 0.3 is 5.97 Å². The van der Waals surface area contributed by atoms with E-state index in [-0.39, 0.29) is 24.8 Å². The highest BCUT2D eigenvalue weighted by Gasteiger charge is 2.23. The number of ether oxygens (including phenoxy) is 1. The van der Waals surface area contributed by atoms with Crippen LogP contribution in [0.2, 0.25) is 0 Å². The van der Waals surface area contributed by atoms with E-state index in [0.717, 1.165) is 16.8 Å². The molecule has 0 unspecified atom stereocenters. The van der Waals surface area contributed by atoms with Gasteiger partial charge in [-0.2, -0.15) is 5.10 Å². The molecule has 3 rings (SSSR count). The third-order valence-electron chi connectivity index (χ3n) is 4.50. The summed E-state index contributed by atoms with van der Waals surface area (Å²) in [5.74, 6) is -1.19. The standard InChI is InChI=1S/C22H23N3O4/c1-16(26)23-20(18-10-6-3-7-11-18)14-22(28)29-15-21(27)25-13-12-19(24-25)17-8-4-2-5-9-17/h2-11,20H,12-15H2,1H3,(H,23,26)/t20-/m0/s1. The average molecular weight is 393 g/mol. The molecule has 2 aromatic carbocycles. The second-order valence-electron chi connectivity index (χ2n) is 6.71. The van der Waals surface area contributed by atoms with Crippen LogP contribution in [-0.2, 0) is 19.1 Å². The van der Waals surface area contributed by atoms with Gasteiger partial charge in [-0.25, -0.2) is 5.01 Å². The first-order valence-electron chi connectivity index (χ1n) is 9.44.